The molecule has 0 aromatic heterocycles. The maximum Gasteiger partial charge on any atom is 0.282 e. The van der Waals surface area contributed by atoms with Crippen LogP contribution in [-0.4, -0.2) is 16.7 Å². The Bertz CT molecular complexity index is 791. The lowest BCUT2D eigenvalue weighted by Crippen LogP contribution is -2.42. The van der Waals surface area contributed by atoms with Crippen LogP contribution < -0.4 is 10.9 Å². The lowest BCUT2D eigenvalue weighted by Gasteiger charge is -2.07. The molecule has 2 aromatic rings. The normalized spacial score (nSPS) is 18.5. The summed E-state index contributed by atoms with van der Waals surface area (Å²) < 4.78 is 0. The highest BCUT2D eigenvalue weighted by Gasteiger charge is 2.44. The highest BCUT2D eigenvalue weighted by atomic mass is 16.6. The number of nitrogens with zero attached hydrogens (tertiary/aromatic N) is 1. The van der Waals surface area contributed by atoms with Gasteiger partial charge in [-0.25, -0.2) is 0 Å². The Hall–Kier alpha value is -3.22. The van der Waals surface area contributed by atoms with Crippen LogP contribution in [0.1, 0.15) is 28.3 Å². The van der Waals surface area contributed by atoms with E-state index in [2.05, 4.69) is 10.9 Å². The summed E-state index contributed by atoms with van der Waals surface area (Å²) in [6.07, 6.45) is 0.719. The molecule has 1 aliphatic carbocycles. The third kappa shape index (κ3) is 3.24. The Balaban J connectivity index is 1.58. The molecular formula is C17H15N3O4. The van der Waals surface area contributed by atoms with Crippen molar-refractivity contribution in [2.24, 2.45) is 5.92 Å². The minimum Gasteiger partial charge on any atom is -0.273 e. The second kappa shape index (κ2) is 6.49. The maximum atomic E-state index is 12.1. The molecule has 0 spiro atoms. The van der Waals surface area contributed by atoms with Gasteiger partial charge < -0.3 is 0 Å². The summed E-state index contributed by atoms with van der Waals surface area (Å²) in [4.78, 5) is 34.4. The van der Waals surface area contributed by atoms with Gasteiger partial charge in [0.05, 0.1) is 4.92 Å². The summed E-state index contributed by atoms with van der Waals surface area (Å²) in [6, 6.07) is 15.2. The monoisotopic (exact) mass is 325 g/mol. The first-order chi connectivity index (χ1) is 11.6. The first-order valence-corrected chi connectivity index (χ1v) is 7.46. The fraction of sp³-hybridized carbons (Fsp3) is 0.176. The predicted octanol–water partition coefficient (Wildman–Crippen LogP) is 2.16. The molecule has 0 unspecified atom stereocenters. The van der Waals surface area contributed by atoms with Crippen LogP contribution in [0.25, 0.3) is 0 Å². The Morgan fingerprint density at radius 2 is 1.67 bits per heavy atom. The number of carbonyl (C=O) groups excluding carboxylic acids is 2. The largest absolute Gasteiger partial charge is 0.282 e. The minimum absolute atomic E-state index is 0.0989. The Morgan fingerprint density at radius 3 is 2.38 bits per heavy atom. The number of hydrogen-bond donors (Lipinski definition) is 2. The molecular weight excluding hydrogens is 310 g/mol. The summed E-state index contributed by atoms with van der Waals surface area (Å²) in [7, 11) is 0. The molecule has 24 heavy (non-hydrogen) atoms. The molecule has 0 bridgehead atoms. The van der Waals surface area contributed by atoms with E-state index in [1.165, 1.54) is 24.3 Å². The van der Waals surface area contributed by atoms with Crippen LogP contribution in [0.5, 0.6) is 0 Å². The number of nitrogens with one attached hydrogen (secondary N) is 2. The topological polar surface area (TPSA) is 101 Å². The summed E-state index contributed by atoms with van der Waals surface area (Å²) in [5.74, 6) is -1.06. The van der Waals surface area contributed by atoms with Crippen LogP contribution in [0.2, 0.25) is 0 Å². The van der Waals surface area contributed by atoms with Crippen LogP contribution in [-0.2, 0) is 4.79 Å². The zero-order valence-electron chi connectivity index (χ0n) is 12.6. The van der Waals surface area contributed by atoms with Gasteiger partial charge in [0.1, 0.15) is 5.56 Å². The lowest BCUT2D eigenvalue weighted by atomic mass is 10.1. The Morgan fingerprint density at radius 1 is 1.00 bits per heavy atom. The van der Waals surface area contributed by atoms with E-state index in [0.29, 0.717) is 0 Å². The zero-order chi connectivity index (χ0) is 17.1. The second-order valence-electron chi connectivity index (χ2n) is 5.58. The quantitative estimate of drug-likeness (QED) is 0.664. The molecule has 0 aliphatic heterocycles. The van der Waals surface area contributed by atoms with Crippen molar-refractivity contribution in [2.75, 3.05) is 0 Å². The molecule has 7 heteroatoms. The van der Waals surface area contributed by atoms with Crippen molar-refractivity contribution in [1.29, 1.82) is 0 Å². The number of nitro groups is 1. The SMILES string of the molecule is O=C(NNC(=O)[C@H]1C[C@H]1c1ccccc1)c1ccccc1[N+](=O)[O-]. The standard InChI is InChI=1S/C17H15N3O4/c21-16(12-8-4-5-9-15(12)20(23)24)18-19-17(22)14-10-13(14)11-6-2-1-3-7-11/h1-9,13-14H,10H2,(H,18,21)(H,19,22)/t13-,14-/m0/s1. The summed E-state index contributed by atoms with van der Waals surface area (Å²) >= 11 is 0. The third-order valence-electron chi connectivity index (χ3n) is 4.00. The highest BCUT2D eigenvalue weighted by Crippen LogP contribution is 2.47. The second-order valence-corrected chi connectivity index (χ2v) is 5.58. The number of hydrazine groups is 1. The van der Waals surface area contributed by atoms with Crippen molar-refractivity contribution in [2.45, 2.75) is 12.3 Å². The number of nitro benzene ring substituents is 1. The highest BCUT2D eigenvalue weighted by molar-refractivity contribution is 5.99. The van der Waals surface area contributed by atoms with E-state index < -0.39 is 10.8 Å². The minimum atomic E-state index is -0.715. The summed E-state index contributed by atoms with van der Waals surface area (Å²) in [5.41, 5.74) is 5.27. The van der Waals surface area contributed by atoms with Gasteiger partial charge in [-0.3, -0.25) is 30.6 Å². The first-order valence-electron chi connectivity index (χ1n) is 7.46. The lowest BCUT2D eigenvalue weighted by molar-refractivity contribution is -0.385. The molecule has 1 fully saturated rings. The average Bonchev–Trinajstić information content (AvgIpc) is 3.41. The molecule has 122 valence electrons. The van der Waals surface area contributed by atoms with E-state index in [0.717, 1.165) is 12.0 Å². The zero-order valence-corrected chi connectivity index (χ0v) is 12.6. The molecule has 2 amide bonds. The van der Waals surface area contributed by atoms with Crippen LogP contribution in [0, 0.1) is 16.0 Å². The molecule has 1 aliphatic rings. The summed E-state index contributed by atoms with van der Waals surface area (Å²) in [6.45, 7) is 0. The first kappa shape index (κ1) is 15.7. The molecule has 7 nitrogen and oxygen atoms in total. The summed E-state index contributed by atoms with van der Waals surface area (Å²) in [5, 5.41) is 10.9. The maximum absolute atomic E-state index is 12.1. The van der Waals surface area contributed by atoms with Crippen molar-refractivity contribution < 1.29 is 14.5 Å². The fourth-order valence-corrected chi connectivity index (χ4v) is 2.66. The van der Waals surface area contributed by atoms with Crippen molar-refractivity contribution in [1.82, 2.24) is 10.9 Å². The smallest absolute Gasteiger partial charge is 0.273 e. The van der Waals surface area contributed by atoms with Gasteiger partial charge in [-0.05, 0) is 24.0 Å². The van der Waals surface area contributed by atoms with E-state index in [1.807, 2.05) is 30.3 Å². The molecule has 0 heterocycles. The van der Waals surface area contributed by atoms with E-state index >= 15 is 0 Å². The molecule has 3 rings (SSSR count). The molecule has 2 N–H and O–H groups in total. The van der Waals surface area contributed by atoms with Crippen molar-refractivity contribution >= 4 is 17.5 Å². The van der Waals surface area contributed by atoms with Gasteiger partial charge in [0.2, 0.25) is 5.91 Å². The van der Waals surface area contributed by atoms with Gasteiger partial charge in [-0.2, -0.15) is 0 Å². The number of benzene rings is 2. The van der Waals surface area contributed by atoms with Gasteiger partial charge in [-0.1, -0.05) is 42.5 Å². The number of hydrogen-bond acceptors (Lipinski definition) is 4. The molecule has 2 aromatic carbocycles. The van der Waals surface area contributed by atoms with Gasteiger partial charge in [-0.15, -0.1) is 0 Å². The molecule has 0 radical (unpaired) electrons. The number of amides is 2. The van der Waals surface area contributed by atoms with Crippen LogP contribution in [0.3, 0.4) is 0 Å². The predicted molar refractivity (Wildman–Crippen MR) is 86.0 cm³/mol. The van der Waals surface area contributed by atoms with Crippen LogP contribution in [0.4, 0.5) is 5.69 Å². The molecule has 0 saturated heterocycles. The fourth-order valence-electron chi connectivity index (χ4n) is 2.66. The molecule has 2 atom stereocenters. The van der Waals surface area contributed by atoms with Gasteiger partial charge in [0.25, 0.3) is 11.6 Å². The third-order valence-corrected chi connectivity index (χ3v) is 4.00. The molecule has 1 saturated carbocycles. The van der Waals surface area contributed by atoms with E-state index in [4.69, 9.17) is 0 Å². The van der Waals surface area contributed by atoms with Crippen LogP contribution >= 0.6 is 0 Å². The number of carbonyl (C=O) groups is 2. The van der Waals surface area contributed by atoms with Crippen LogP contribution in [0.15, 0.2) is 54.6 Å². The van der Waals surface area contributed by atoms with Crippen molar-refractivity contribution in [3.05, 3.63) is 75.8 Å². The number of rotatable bonds is 4. The Kier molecular flexibility index (Phi) is 4.24. The van der Waals surface area contributed by atoms with E-state index in [-0.39, 0.29) is 29.0 Å². The van der Waals surface area contributed by atoms with Crippen molar-refractivity contribution in [3.63, 3.8) is 0 Å². The number of para-hydroxylation sites is 1. The van der Waals surface area contributed by atoms with Gasteiger partial charge in [0.15, 0.2) is 0 Å². The van der Waals surface area contributed by atoms with Crippen molar-refractivity contribution in [3.8, 4) is 0 Å². The van der Waals surface area contributed by atoms with E-state index in [9.17, 15) is 19.7 Å². The van der Waals surface area contributed by atoms with Gasteiger partial charge in [0, 0.05) is 12.0 Å². The van der Waals surface area contributed by atoms with Gasteiger partial charge >= 0.3 is 0 Å². The average molecular weight is 325 g/mol. The van der Waals surface area contributed by atoms with E-state index in [1.54, 1.807) is 0 Å². The Labute approximate surface area is 137 Å².